The second-order valence-corrected chi connectivity index (χ2v) is 4.44. The Bertz CT molecular complexity index is 736. The minimum absolute atomic E-state index is 0.149. The van der Waals surface area contributed by atoms with Crippen LogP contribution in [-0.2, 0) is 0 Å². The molecule has 3 nitrogen and oxygen atoms in total. The topological polar surface area (TPSA) is 30.7 Å². The first-order chi connectivity index (χ1) is 9.63. The third-order valence-electron chi connectivity index (χ3n) is 2.74. The van der Waals surface area contributed by atoms with Crippen LogP contribution in [0.5, 0.6) is 0 Å². The number of hydrogen-bond acceptors (Lipinski definition) is 2. The van der Waals surface area contributed by atoms with E-state index in [4.69, 9.17) is 11.6 Å². The minimum Gasteiger partial charge on any atom is -0.207 e. The molecule has 6 heteroatoms. The Hall–Kier alpha value is -2.27. The molecule has 0 aliphatic heterocycles. The average Bonchev–Trinajstić information content (AvgIpc) is 2.82. The van der Waals surface area contributed by atoms with Crippen molar-refractivity contribution in [3.63, 3.8) is 0 Å². The Labute approximate surface area is 118 Å². The molecule has 0 aliphatic carbocycles. The van der Waals surface area contributed by atoms with Crippen molar-refractivity contribution in [3.8, 4) is 17.1 Å². The minimum atomic E-state index is -0.344. The van der Waals surface area contributed by atoms with E-state index < -0.39 is 0 Å². The maximum absolute atomic E-state index is 12.9. The molecule has 0 atom stereocenters. The van der Waals surface area contributed by atoms with Gasteiger partial charge in [0.25, 0.3) is 0 Å². The summed E-state index contributed by atoms with van der Waals surface area (Å²) in [6.45, 7) is 0. The van der Waals surface area contributed by atoms with Crippen LogP contribution in [0, 0.1) is 11.6 Å². The molecular weight excluding hydrogens is 284 g/mol. The van der Waals surface area contributed by atoms with Gasteiger partial charge in [-0.3, -0.25) is 0 Å². The molecule has 0 N–H and O–H groups in total. The highest BCUT2D eigenvalue weighted by atomic mass is 35.5. The summed E-state index contributed by atoms with van der Waals surface area (Å²) in [6, 6.07) is 11.5. The molecule has 1 heterocycles. The number of halogens is 3. The smallest absolute Gasteiger partial charge is 0.207 e. The van der Waals surface area contributed by atoms with Crippen LogP contribution in [0.25, 0.3) is 17.1 Å². The summed E-state index contributed by atoms with van der Waals surface area (Å²) in [6.07, 6.45) is 0. The van der Waals surface area contributed by atoms with Gasteiger partial charge in [0.2, 0.25) is 5.28 Å². The summed E-state index contributed by atoms with van der Waals surface area (Å²) in [7, 11) is 0. The summed E-state index contributed by atoms with van der Waals surface area (Å²) in [5.74, 6) is -0.305. The van der Waals surface area contributed by atoms with E-state index in [1.165, 1.54) is 28.9 Å². The van der Waals surface area contributed by atoms with Crippen molar-refractivity contribution in [2.45, 2.75) is 0 Å². The highest BCUT2D eigenvalue weighted by Gasteiger charge is 2.11. The second-order valence-electron chi connectivity index (χ2n) is 4.10. The summed E-state index contributed by atoms with van der Waals surface area (Å²) in [5.41, 5.74) is 1.24. The number of nitrogens with zero attached hydrogens (tertiary/aromatic N) is 3. The lowest BCUT2D eigenvalue weighted by Gasteiger charge is -2.00. The summed E-state index contributed by atoms with van der Waals surface area (Å²) in [5, 5.41) is 4.39. The third kappa shape index (κ3) is 2.40. The summed E-state index contributed by atoms with van der Waals surface area (Å²) in [4.78, 5) is 4.11. The van der Waals surface area contributed by atoms with Gasteiger partial charge in [-0.1, -0.05) is 0 Å². The van der Waals surface area contributed by atoms with Crippen LogP contribution in [0.2, 0.25) is 5.28 Å². The molecule has 1 aromatic heterocycles. The van der Waals surface area contributed by atoms with Crippen molar-refractivity contribution < 1.29 is 8.78 Å². The zero-order valence-corrected chi connectivity index (χ0v) is 10.9. The molecule has 100 valence electrons. The third-order valence-corrected chi connectivity index (χ3v) is 2.99. The largest absolute Gasteiger partial charge is 0.226 e. The van der Waals surface area contributed by atoms with Gasteiger partial charge < -0.3 is 0 Å². The van der Waals surface area contributed by atoms with E-state index in [1.807, 2.05) is 0 Å². The first-order valence-electron chi connectivity index (χ1n) is 5.78. The molecule has 0 spiro atoms. The summed E-state index contributed by atoms with van der Waals surface area (Å²) < 4.78 is 27.2. The first kappa shape index (κ1) is 12.7. The van der Waals surface area contributed by atoms with Gasteiger partial charge in [0, 0.05) is 5.56 Å². The molecular formula is C14H8ClF2N3. The fourth-order valence-corrected chi connectivity index (χ4v) is 1.98. The lowest BCUT2D eigenvalue weighted by molar-refractivity contribution is 0.627. The molecule has 0 radical (unpaired) electrons. The standard InChI is InChI=1S/C14H8ClF2N3/c15-14-18-13(9-1-3-10(16)4-2-9)19-20(14)12-7-5-11(17)6-8-12/h1-8H. The van der Waals surface area contributed by atoms with Crippen LogP contribution in [0.1, 0.15) is 0 Å². The SMILES string of the molecule is Fc1ccc(-c2nc(Cl)n(-c3ccc(F)cc3)n2)cc1. The molecule has 0 aliphatic rings. The van der Waals surface area contributed by atoms with E-state index in [0.29, 0.717) is 17.1 Å². The maximum atomic E-state index is 12.9. The van der Waals surface area contributed by atoms with E-state index in [1.54, 1.807) is 24.3 Å². The molecule has 3 rings (SSSR count). The van der Waals surface area contributed by atoms with E-state index in [2.05, 4.69) is 10.1 Å². The first-order valence-corrected chi connectivity index (χ1v) is 6.16. The van der Waals surface area contributed by atoms with Gasteiger partial charge in [0.05, 0.1) is 5.69 Å². The van der Waals surface area contributed by atoms with E-state index in [0.717, 1.165) is 0 Å². The van der Waals surface area contributed by atoms with Crippen molar-refractivity contribution in [1.82, 2.24) is 14.8 Å². The van der Waals surface area contributed by atoms with Gasteiger partial charge >= 0.3 is 0 Å². The van der Waals surface area contributed by atoms with Crippen LogP contribution in [-0.4, -0.2) is 14.8 Å². The predicted molar refractivity (Wildman–Crippen MR) is 71.7 cm³/mol. The molecule has 0 saturated carbocycles. The monoisotopic (exact) mass is 291 g/mol. The van der Waals surface area contributed by atoms with Gasteiger partial charge in [-0.15, -0.1) is 5.10 Å². The van der Waals surface area contributed by atoms with E-state index in [-0.39, 0.29) is 16.9 Å². The molecule has 0 bridgehead atoms. The molecule has 20 heavy (non-hydrogen) atoms. The van der Waals surface area contributed by atoms with Crippen molar-refractivity contribution in [3.05, 3.63) is 65.4 Å². The van der Waals surface area contributed by atoms with Crippen LogP contribution in [0.3, 0.4) is 0 Å². The van der Waals surface area contributed by atoms with Crippen molar-refractivity contribution in [2.75, 3.05) is 0 Å². The van der Waals surface area contributed by atoms with Crippen molar-refractivity contribution >= 4 is 11.6 Å². The lowest BCUT2D eigenvalue weighted by atomic mass is 10.2. The Morgan fingerprint density at radius 2 is 1.40 bits per heavy atom. The highest BCUT2D eigenvalue weighted by molar-refractivity contribution is 6.28. The number of benzene rings is 2. The number of hydrogen-bond donors (Lipinski definition) is 0. The molecule has 0 amide bonds. The zero-order valence-electron chi connectivity index (χ0n) is 10.1. The highest BCUT2D eigenvalue weighted by Crippen LogP contribution is 2.21. The van der Waals surface area contributed by atoms with Crippen LogP contribution < -0.4 is 0 Å². The molecule has 2 aromatic carbocycles. The fourth-order valence-electron chi connectivity index (χ4n) is 1.76. The number of aromatic nitrogens is 3. The van der Waals surface area contributed by atoms with Gasteiger partial charge in [-0.25, -0.2) is 13.5 Å². The van der Waals surface area contributed by atoms with E-state index in [9.17, 15) is 8.78 Å². The Morgan fingerprint density at radius 1 is 0.850 bits per heavy atom. The molecule has 3 aromatic rings. The molecule has 0 unspecified atom stereocenters. The maximum Gasteiger partial charge on any atom is 0.226 e. The molecule has 0 saturated heterocycles. The van der Waals surface area contributed by atoms with Gasteiger partial charge in [0.1, 0.15) is 11.6 Å². The Balaban J connectivity index is 2.02. The molecule has 0 fully saturated rings. The van der Waals surface area contributed by atoms with Crippen molar-refractivity contribution in [2.24, 2.45) is 0 Å². The van der Waals surface area contributed by atoms with E-state index >= 15 is 0 Å². The lowest BCUT2D eigenvalue weighted by Crippen LogP contribution is -1.96. The fraction of sp³-hybridized carbons (Fsp3) is 0. The average molecular weight is 292 g/mol. The normalized spacial score (nSPS) is 10.8. The second kappa shape index (κ2) is 5.02. The number of rotatable bonds is 2. The van der Waals surface area contributed by atoms with Crippen LogP contribution in [0.15, 0.2) is 48.5 Å². The van der Waals surface area contributed by atoms with Gasteiger partial charge in [-0.2, -0.15) is 4.98 Å². The van der Waals surface area contributed by atoms with Crippen molar-refractivity contribution in [1.29, 1.82) is 0 Å². The van der Waals surface area contributed by atoms with Crippen LogP contribution >= 0.6 is 11.6 Å². The van der Waals surface area contributed by atoms with Gasteiger partial charge in [0.15, 0.2) is 5.82 Å². The summed E-state index contributed by atoms with van der Waals surface area (Å²) >= 11 is 6.02. The Kier molecular flexibility index (Phi) is 3.20. The van der Waals surface area contributed by atoms with Crippen LogP contribution in [0.4, 0.5) is 8.78 Å². The zero-order chi connectivity index (χ0) is 14.1. The predicted octanol–water partition coefficient (Wildman–Crippen LogP) is 3.87. The Morgan fingerprint density at radius 3 is 2.00 bits per heavy atom. The quantitative estimate of drug-likeness (QED) is 0.717. The van der Waals surface area contributed by atoms with Gasteiger partial charge in [-0.05, 0) is 60.1 Å².